The van der Waals surface area contributed by atoms with Crippen LogP contribution in [0.4, 0.5) is 22.7 Å². The molecule has 0 fully saturated rings. The summed E-state index contributed by atoms with van der Waals surface area (Å²) in [5.74, 6) is 0.780. The van der Waals surface area contributed by atoms with Crippen molar-refractivity contribution in [1.29, 1.82) is 0 Å². The molecular formula is C21H15N3OS. The lowest BCUT2D eigenvalue weighted by Gasteiger charge is -2.16. The first kappa shape index (κ1) is 15.2. The highest BCUT2D eigenvalue weighted by molar-refractivity contribution is 7.99. The Hall–Kier alpha value is -3.05. The molecule has 5 heteroatoms. The summed E-state index contributed by atoms with van der Waals surface area (Å²) in [4.78, 5) is 20.8. The smallest absolute Gasteiger partial charge is 0.282 e. The number of nitrogens with one attached hydrogen (secondary N) is 1. The van der Waals surface area contributed by atoms with Gasteiger partial charge < -0.3 is 5.32 Å². The number of nitrogens with zero attached hydrogens (tertiary/aromatic N) is 2. The minimum Gasteiger partial charge on any atom is -0.375 e. The highest BCUT2D eigenvalue weighted by atomic mass is 32.2. The van der Waals surface area contributed by atoms with E-state index in [2.05, 4.69) is 5.32 Å². The van der Waals surface area contributed by atoms with Crippen LogP contribution in [0.3, 0.4) is 0 Å². The summed E-state index contributed by atoms with van der Waals surface area (Å²) in [6.07, 6.45) is 0. The van der Waals surface area contributed by atoms with E-state index in [4.69, 9.17) is 4.99 Å². The van der Waals surface area contributed by atoms with Crippen molar-refractivity contribution in [3.05, 3.63) is 78.4 Å². The number of carbonyl (C=O) groups is 1. The van der Waals surface area contributed by atoms with Gasteiger partial charge in [-0.15, -0.1) is 11.8 Å². The quantitative estimate of drug-likeness (QED) is 0.705. The van der Waals surface area contributed by atoms with Gasteiger partial charge in [0.25, 0.3) is 5.91 Å². The number of rotatable bonds is 2. The van der Waals surface area contributed by atoms with Crippen LogP contribution in [0, 0.1) is 0 Å². The minimum absolute atomic E-state index is 0.0938. The van der Waals surface area contributed by atoms with Gasteiger partial charge in [-0.25, -0.2) is 4.99 Å². The highest BCUT2D eigenvalue weighted by Crippen LogP contribution is 2.39. The fourth-order valence-electron chi connectivity index (χ4n) is 3.31. The van der Waals surface area contributed by atoms with Gasteiger partial charge in [0.15, 0.2) is 0 Å². The first-order valence-corrected chi connectivity index (χ1v) is 9.38. The lowest BCUT2D eigenvalue weighted by atomic mass is 10.1. The van der Waals surface area contributed by atoms with Crippen molar-refractivity contribution in [2.75, 3.05) is 16.1 Å². The van der Waals surface area contributed by atoms with Crippen molar-refractivity contribution in [3.63, 3.8) is 0 Å². The summed E-state index contributed by atoms with van der Waals surface area (Å²) < 4.78 is 0. The normalized spacial score (nSPS) is 16.5. The van der Waals surface area contributed by atoms with Crippen molar-refractivity contribution >= 4 is 46.1 Å². The number of amides is 1. The van der Waals surface area contributed by atoms with Crippen LogP contribution in [0.5, 0.6) is 0 Å². The summed E-state index contributed by atoms with van der Waals surface area (Å²) in [5.41, 5.74) is 5.01. The van der Waals surface area contributed by atoms with Crippen molar-refractivity contribution in [1.82, 2.24) is 0 Å². The Kier molecular flexibility index (Phi) is 3.53. The zero-order valence-corrected chi connectivity index (χ0v) is 14.7. The molecule has 0 atom stereocenters. The molecule has 2 heterocycles. The standard InChI is InChI=1S/C21H15N3OS/c25-21-20(23-14-10-11-17-19(12-14)26-13-22-17)16-8-4-5-9-18(16)24(21)15-6-2-1-3-7-15/h1-12,22H,13H2/b23-20-. The first-order chi connectivity index (χ1) is 12.8. The Labute approximate surface area is 155 Å². The number of hydrogen-bond donors (Lipinski definition) is 1. The number of carbonyl (C=O) groups excluding carboxylic acids is 1. The predicted molar refractivity (Wildman–Crippen MR) is 107 cm³/mol. The number of hydrogen-bond acceptors (Lipinski definition) is 4. The van der Waals surface area contributed by atoms with E-state index in [9.17, 15) is 4.79 Å². The second kappa shape index (κ2) is 6.04. The molecule has 0 saturated heterocycles. The summed E-state index contributed by atoms with van der Waals surface area (Å²) in [6, 6.07) is 23.5. The zero-order chi connectivity index (χ0) is 17.5. The average Bonchev–Trinajstić information content (AvgIpc) is 3.25. The Morgan fingerprint density at radius 2 is 1.77 bits per heavy atom. The lowest BCUT2D eigenvalue weighted by molar-refractivity contribution is -0.111. The molecule has 1 amide bonds. The molecule has 0 aliphatic carbocycles. The molecule has 0 radical (unpaired) electrons. The maximum atomic E-state index is 13.2. The van der Waals surface area contributed by atoms with Gasteiger partial charge in [0.2, 0.25) is 0 Å². The molecule has 1 N–H and O–H groups in total. The third kappa shape index (κ3) is 2.40. The van der Waals surface area contributed by atoms with Gasteiger partial charge >= 0.3 is 0 Å². The van der Waals surface area contributed by atoms with E-state index in [0.717, 1.165) is 34.2 Å². The molecule has 2 aliphatic rings. The van der Waals surface area contributed by atoms with E-state index in [0.29, 0.717) is 5.71 Å². The Morgan fingerprint density at radius 3 is 2.65 bits per heavy atom. The van der Waals surface area contributed by atoms with Gasteiger partial charge in [-0.2, -0.15) is 0 Å². The third-order valence-corrected chi connectivity index (χ3v) is 5.45. The number of para-hydroxylation sites is 2. The SMILES string of the molecule is O=C1/C(=N\c2ccc3c(c2)SCN3)c2ccccc2N1c1ccccc1. The molecule has 4 nitrogen and oxygen atoms in total. The highest BCUT2D eigenvalue weighted by Gasteiger charge is 2.34. The number of aliphatic imine (C=N–C) groups is 1. The molecule has 0 unspecified atom stereocenters. The lowest BCUT2D eigenvalue weighted by Crippen LogP contribution is -2.25. The van der Waals surface area contributed by atoms with Gasteiger partial charge in [0, 0.05) is 21.8 Å². The molecule has 126 valence electrons. The van der Waals surface area contributed by atoms with Crippen LogP contribution in [0.15, 0.2) is 82.7 Å². The monoisotopic (exact) mass is 357 g/mol. The zero-order valence-electron chi connectivity index (χ0n) is 13.8. The van der Waals surface area contributed by atoms with Gasteiger partial charge in [0.1, 0.15) is 5.71 Å². The summed E-state index contributed by atoms with van der Waals surface area (Å²) in [7, 11) is 0. The number of thioether (sulfide) groups is 1. The van der Waals surface area contributed by atoms with Crippen molar-refractivity contribution < 1.29 is 4.79 Å². The van der Waals surface area contributed by atoms with Crippen LogP contribution < -0.4 is 10.2 Å². The summed E-state index contributed by atoms with van der Waals surface area (Å²) in [6.45, 7) is 0. The fraction of sp³-hybridized carbons (Fsp3) is 0.0476. The van der Waals surface area contributed by atoms with Gasteiger partial charge in [-0.3, -0.25) is 9.69 Å². The van der Waals surface area contributed by atoms with E-state index >= 15 is 0 Å². The Balaban J connectivity index is 1.63. The largest absolute Gasteiger partial charge is 0.375 e. The van der Waals surface area contributed by atoms with Crippen LogP contribution in [0.1, 0.15) is 5.56 Å². The van der Waals surface area contributed by atoms with Crippen molar-refractivity contribution in [2.45, 2.75) is 4.90 Å². The Morgan fingerprint density at radius 1 is 0.962 bits per heavy atom. The molecule has 0 spiro atoms. The number of benzene rings is 3. The molecule has 5 rings (SSSR count). The molecule has 3 aromatic rings. The molecule has 0 bridgehead atoms. The molecule has 0 aromatic heterocycles. The van der Waals surface area contributed by atoms with E-state index < -0.39 is 0 Å². The summed E-state index contributed by atoms with van der Waals surface area (Å²) >= 11 is 1.75. The van der Waals surface area contributed by atoms with Gasteiger partial charge in [0.05, 0.1) is 17.3 Å². The first-order valence-electron chi connectivity index (χ1n) is 8.39. The van der Waals surface area contributed by atoms with Crippen LogP contribution in [0.2, 0.25) is 0 Å². The van der Waals surface area contributed by atoms with Crippen molar-refractivity contribution in [2.24, 2.45) is 4.99 Å². The molecule has 26 heavy (non-hydrogen) atoms. The molecule has 2 aliphatic heterocycles. The van der Waals surface area contributed by atoms with Gasteiger partial charge in [-0.05, 0) is 36.4 Å². The minimum atomic E-state index is -0.0938. The number of anilines is 3. The Bertz CT molecular complexity index is 1050. The van der Waals surface area contributed by atoms with E-state index in [1.807, 2.05) is 72.8 Å². The van der Waals surface area contributed by atoms with Crippen LogP contribution >= 0.6 is 11.8 Å². The van der Waals surface area contributed by atoms with Crippen LogP contribution in [-0.2, 0) is 4.79 Å². The fourth-order valence-corrected chi connectivity index (χ4v) is 4.19. The van der Waals surface area contributed by atoms with E-state index in [-0.39, 0.29) is 5.91 Å². The second-order valence-corrected chi connectivity index (χ2v) is 7.12. The summed E-state index contributed by atoms with van der Waals surface area (Å²) in [5, 5.41) is 3.31. The average molecular weight is 357 g/mol. The molecular weight excluding hydrogens is 342 g/mol. The second-order valence-electron chi connectivity index (χ2n) is 6.10. The molecule has 0 saturated carbocycles. The maximum Gasteiger partial charge on any atom is 0.282 e. The predicted octanol–water partition coefficient (Wildman–Crippen LogP) is 4.96. The van der Waals surface area contributed by atoms with E-state index in [1.54, 1.807) is 16.7 Å². The number of fused-ring (bicyclic) bond motifs is 2. The van der Waals surface area contributed by atoms with Crippen molar-refractivity contribution in [3.8, 4) is 0 Å². The van der Waals surface area contributed by atoms with E-state index in [1.165, 1.54) is 4.90 Å². The maximum absolute atomic E-state index is 13.2. The van der Waals surface area contributed by atoms with Crippen LogP contribution in [-0.4, -0.2) is 17.5 Å². The van der Waals surface area contributed by atoms with Gasteiger partial charge in [-0.1, -0.05) is 36.4 Å². The third-order valence-electron chi connectivity index (χ3n) is 4.52. The topological polar surface area (TPSA) is 44.7 Å². The molecule has 3 aromatic carbocycles. The van der Waals surface area contributed by atoms with Crippen LogP contribution in [0.25, 0.3) is 0 Å².